The zero-order chi connectivity index (χ0) is 15.4. The van der Waals surface area contributed by atoms with Crippen molar-refractivity contribution in [3.8, 4) is 5.75 Å². The van der Waals surface area contributed by atoms with E-state index in [1.165, 1.54) is 12.8 Å². The smallest absolute Gasteiger partial charge is 0.140 e. The van der Waals surface area contributed by atoms with Crippen LogP contribution in [0.3, 0.4) is 0 Å². The lowest BCUT2D eigenvalue weighted by Crippen LogP contribution is -2.39. The highest BCUT2D eigenvalue weighted by molar-refractivity contribution is 7.96. The number of nitrogens with one attached hydrogen (secondary N) is 1. The predicted molar refractivity (Wildman–Crippen MR) is 92.5 cm³/mol. The molecule has 1 saturated heterocycles. The highest BCUT2D eigenvalue weighted by Gasteiger charge is 2.22. The second-order valence-corrected chi connectivity index (χ2v) is 6.28. The van der Waals surface area contributed by atoms with E-state index in [9.17, 15) is 0 Å². The third kappa shape index (κ3) is 3.28. The minimum Gasteiger partial charge on any atom is -0.497 e. The van der Waals surface area contributed by atoms with Gasteiger partial charge in [0.25, 0.3) is 0 Å². The van der Waals surface area contributed by atoms with Crippen LogP contribution in [0.5, 0.6) is 5.75 Å². The Bertz CT molecular complexity index is 637. The van der Waals surface area contributed by atoms with Gasteiger partial charge in [0, 0.05) is 25.0 Å². The van der Waals surface area contributed by atoms with Gasteiger partial charge in [-0.2, -0.15) is 0 Å². The van der Waals surface area contributed by atoms with Gasteiger partial charge in [-0.05, 0) is 43.2 Å². The van der Waals surface area contributed by atoms with E-state index in [1.807, 2.05) is 18.2 Å². The largest absolute Gasteiger partial charge is 0.497 e. The summed E-state index contributed by atoms with van der Waals surface area (Å²) in [4.78, 5) is 11.3. The van der Waals surface area contributed by atoms with E-state index in [0.717, 1.165) is 42.1 Å². The van der Waals surface area contributed by atoms with Gasteiger partial charge in [-0.25, -0.2) is 9.97 Å². The summed E-state index contributed by atoms with van der Waals surface area (Å²) >= 11 is 1.69. The molecule has 0 bridgehead atoms. The second-order valence-electron chi connectivity index (χ2n) is 5.59. The van der Waals surface area contributed by atoms with E-state index in [4.69, 9.17) is 4.74 Å². The molecule has 1 N–H and O–H groups in total. The van der Waals surface area contributed by atoms with Crippen LogP contribution < -0.4 is 14.4 Å². The van der Waals surface area contributed by atoms with Crippen LogP contribution in [0.15, 0.2) is 24.5 Å². The molecule has 1 aromatic heterocycles. The first-order valence-electron chi connectivity index (χ1n) is 7.61. The van der Waals surface area contributed by atoms with Gasteiger partial charge in [0.15, 0.2) is 0 Å². The fraction of sp³-hybridized carbons (Fsp3) is 0.500. The summed E-state index contributed by atoms with van der Waals surface area (Å²) in [7, 11) is 1.69. The molecule has 0 spiro atoms. The first-order chi connectivity index (χ1) is 10.8. The Morgan fingerprint density at radius 2 is 2.32 bits per heavy atom. The molecular formula is C16H22N4OS. The molecular weight excluding hydrogens is 296 g/mol. The van der Waals surface area contributed by atoms with Crippen LogP contribution in [0.25, 0.3) is 10.9 Å². The van der Waals surface area contributed by atoms with Crippen molar-refractivity contribution in [2.75, 3.05) is 37.9 Å². The Morgan fingerprint density at radius 3 is 3.14 bits per heavy atom. The molecule has 2 aromatic rings. The fourth-order valence-electron chi connectivity index (χ4n) is 3.03. The number of aromatic nitrogens is 2. The Balaban J connectivity index is 1.88. The van der Waals surface area contributed by atoms with Gasteiger partial charge in [-0.15, -0.1) is 0 Å². The molecule has 1 aliphatic rings. The van der Waals surface area contributed by atoms with Crippen molar-refractivity contribution in [1.82, 2.24) is 14.7 Å². The number of ether oxygens (including phenoxy) is 1. The highest BCUT2D eigenvalue weighted by Crippen LogP contribution is 2.29. The number of rotatable bonds is 5. The molecule has 0 aliphatic carbocycles. The highest BCUT2D eigenvalue weighted by atomic mass is 32.2. The zero-order valence-electron chi connectivity index (χ0n) is 13.1. The third-order valence-electron chi connectivity index (χ3n) is 4.16. The van der Waals surface area contributed by atoms with E-state index in [1.54, 1.807) is 25.4 Å². The van der Waals surface area contributed by atoms with E-state index < -0.39 is 0 Å². The van der Waals surface area contributed by atoms with E-state index >= 15 is 0 Å². The lowest BCUT2D eigenvalue weighted by Gasteiger charge is -2.34. The normalized spacial score (nSPS) is 18.6. The first kappa shape index (κ1) is 15.4. The van der Waals surface area contributed by atoms with Gasteiger partial charge < -0.3 is 9.64 Å². The number of nitrogens with zero attached hydrogens (tertiary/aromatic N) is 3. The van der Waals surface area contributed by atoms with Crippen LogP contribution >= 0.6 is 11.9 Å². The number of piperidine rings is 1. The van der Waals surface area contributed by atoms with Crippen LogP contribution in [0, 0.1) is 5.92 Å². The number of fused-ring (bicyclic) bond motifs is 1. The van der Waals surface area contributed by atoms with Crippen LogP contribution in [-0.2, 0) is 0 Å². The maximum Gasteiger partial charge on any atom is 0.140 e. The zero-order valence-corrected chi connectivity index (χ0v) is 13.9. The molecule has 22 heavy (non-hydrogen) atoms. The molecule has 1 aromatic carbocycles. The maximum absolute atomic E-state index is 5.35. The molecule has 2 heterocycles. The molecule has 5 nitrogen and oxygen atoms in total. The van der Waals surface area contributed by atoms with E-state index in [2.05, 4.69) is 25.8 Å². The molecule has 0 saturated carbocycles. The van der Waals surface area contributed by atoms with Crippen molar-refractivity contribution < 1.29 is 4.74 Å². The van der Waals surface area contributed by atoms with Gasteiger partial charge >= 0.3 is 0 Å². The van der Waals surface area contributed by atoms with Crippen molar-refractivity contribution in [3.63, 3.8) is 0 Å². The number of benzene rings is 1. The van der Waals surface area contributed by atoms with Gasteiger partial charge in [-0.3, -0.25) is 4.72 Å². The minimum absolute atomic E-state index is 0.664. The number of methoxy groups -OCH3 is 1. The molecule has 3 rings (SSSR count). The van der Waals surface area contributed by atoms with Gasteiger partial charge in [-0.1, -0.05) is 11.9 Å². The molecule has 1 aliphatic heterocycles. The summed E-state index contributed by atoms with van der Waals surface area (Å²) in [5.41, 5.74) is 0.968. The van der Waals surface area contributed by atoms with E-state index in [0.29, 0.717) is 5.92 Å². The Hall–Kier alpha value is -1.53. The molecule has 1 atom stereocenters. The molecule has 1 unspecified atom stereocenters. The standard InChI is InChI=1S/C16H22N4OS/c1-21-13-5-6-15-14(8-13)16(18-11-17-15)20-7-3-4-12(10-20)9-19-22-2/h5-6,8,11-12,19H,3-4,7,9-10H2,1-2H3. The molecule has 0 amide bonds. The summed E-state index contributed by atoms with van der Waals surface area (Å²) in [6, 6.07) is 5.98. The number of hydrogen-bond acceptors (Lipinski definition) is 6. The van der Waals surface area contributed by atoms with Crippen molar-refractivity contribution in [2.45, 2.75) is 12.8 Å². The van der Waals surface area contributed by atoms with Crippen LogP contribution in [0.1, 0.15) is 12.8 Å². The second kappa shape index (κ2) is 7.15. The molecule has 118 valence electrons. The number of hydrogen-bond donors (Lipinski definition) is 1. The Morgan fingerprint density at radius 1 is 1.41 bits per heavy atom. The number of anilines is 1. The van der Waals surface area contributed by atoms with Crippen LogP contribution in [0.2, 0.25) is 0 Å². The van der Waals surface area contributed by atoms with Gasteiger partial charge in [0.2, 0.25) is 0 Å². The lowest BCUT2D eigenvalue weighted by molar-refractivity contribution is 0.413. The van der Waals surface area contributed by atoms with Crippen molar-refractivity contribution in [3.05, 3.63) is 24.5 Å². The molecule has 6 heteroatoms. The minimum atomic E-state index is 0.664. The first-order valence-corrected chi connectivity index (χ1v) is 8.84. The summed E-state index contributed by atoms with van der Waals surface area (Å²) < 4.78 is 8.73. The molecule has 1 fully saturated rings. The topological polar surface area (TPSA) is 50.3 Å². The SMILES string of the molecule is COc1ccc2ncnc(N3CCCC(CNSC)C3)c2c1. The summed E-state index contributed by atoms with van der Waals surface area (Å²) in [5.74, 6) is 2.54. The molecule has 0 radical (unpaired) electrons. The fourth-order valence-corrected chi connectivity index (χ4v) is 3.43. The monoisotopic (exact) mass is 318 g/mol. The average Bonchev–Trinajstić information content (AvgIpc) is 2.59. The average molecular weight is 318 g/mol. The lowest BCUT2D eigenvalue weighted by atomic mass is 9.98. The van der Waals surface area contributed by atoms with Crippen LogP contribution in [0.4, 0.5) is 5.82 Å². The maximum atomic E-state index is 5.35. The Kier molecular flexibility index (Phi) is 5.00. The summed E-state index contributed by atoms with van der Waals surface area (Å²) in [5, 5.41) is 1.07. The van der Waals surface area contributed by atoms with Crippen LogP contribution in [-0.4, -0.2) is 43.0 Å². The third-order valence-corrected chi connectivity index (χ3v) is 4.61. The van der Waals surface area contributed by atoms with E-state index in [-0.39, 0.29) is 0 Å². The Labute approximate surface area is 135 Å². The van der Waals surface area contributed by atoms with Gasteiger partial charge in [0.1, 0.15) is 17.9 Å². The summed E-state index contributed by atoms with van der Waals surface area (Å²) in [6.45, 7) is 3.14. The predicted octanol–water partition coefficient (Wildman–Crippen LogP) is 2.72. The van der Waals surface area contributed by atoms with Crippen molar-refractivity contribution >= 4 is 28.7 Å². The van der Waals surface area contributed by atoms with Crippen molar-refractivity contribution in [1.29, 1.82) is 0 Å². The van der Waals surface area contributed by atoms with Crippen molar-refractivity contribution in [2.24, 2.45) is 5.92 Å². The summed E-state index contributed by atoms with van der Waals surface area (Å²) in [6.07, 6.45) is 6.21. The quantitative estimate of drug-likeness (QED) is 0.856. The van der Waals surface area contributed by atoms with Gasteiger partial charge in [0.05, 0.1) is 12.6 Å².